The first-order valence-corrected chi connectivity index (χ1v) is 9.38. The summed E-state index contributed by atoms with van der Waals surface area (Å²) in [4.78, 5) is 24.5. The fraction of sp³-hybridized carbons (Fsp3) is 0.364. The van der Waals surface area contributed by atoms with Crippen LogP contribution in [0.5, 0.6) is 5.75 Å². The van der Waals surface area contributed by atoms with Gasteiger partial charge >= 0.3 is 11.8 Å². The summed E-state index contributed by atoms with van der Waals surface area (Å²) in [6.45, 7) is 3.83. The third kappa shape index (κ3) is 4.34. The smallest absolute Gasteiger partial charge is 0.313 e. The summed E-state index contributed by atoms with van der Waals surface area (Å²) in [6.07, 6.45) is 2.16. The van der Waals surface area contributed by atoms with E-state index in [4.69, 9.17) is 4.74 Å². The maximum absolute atomic E-state index is 12.3. The molecule has 3 rings (SSSR count). The average Bonchev–Trinajstić information content (AvgIpc) is 2.65. The second-order valence-corrected chi connectivity index (χ2v) is 7.42. The number of carbonyl (C=O) groups is 2. The Bertz CT molecular complexity index is 889. The minimum Gasteiger partial charge on any atom is -0.497 e. The Hall–Kier alpha value is -2.86. The molecule has 2 aromatic rings. The molecule has 0 heterocycles. The molecule has 2 amide bonds. The number of carbonyl (C=O) groups excluding carboxylic acids is 2. The Morgan fingerprint density at radius 2 is 1.82 bits per heavy atom. The zero-order valence-electron chi connectivity index (χ0n) is 16.5. The molecule has 1 aliphatic carbocycles. The zero-order valence-corrected chi connectivity index (χ0v) is 16.5. The van der Waals surface area contributed by atoms with E-state index in [1.54, 1.807) is 25.3 Å². The van der Waals surface area contributed by atoms with Crippen LogP contribution in [0.4, 0.5) is 5.69 Å². The first-order chi connectivity index (χ1) is 13.3. The number of aryl methyl sites for hydroxylation is 3. The highest BCUT2D eigenvalue weighted by molar-refractivity contribution is 6.39. The summed E-state index contributed by atoms with van der Waals surface area (Å²) in [5.74, 6) is -0.785. The standard InChI is InChI=1S/C22H26N2O4/c1-14-9-15(2)11-17(10-14)24-21(26)20(25)23-13-22(27)8-4-5-16-12-18(28-3)6-7-19(16)22/h6-7,9-12,27H,4-5,8,13H2,1-3H3,(H,23,25)(H,24,26). The van der Waals surface area contributed by atoms with Crippen molar-refractivity contribution in [2.45, 2.75) is 38.7 Å². The number of benzene rings is 2. The second kappa shape index (κ2) is 8.02. The van der Waals surface area contributed by atoms with E-state index in [2.05, 4.69) is 10.6 Å². The minimum absolute atomic E-state index is 0.0224. The van der Waals surface area contributed by atoms with Crippen LogP contribution in [-0.2, 0) is 21.6 Å². The SMILES string of the molecule is COc1ccc2c(c1)CCCC2(O)CNC(=O)C(=O)Nc1cc(C)cc(C)c1. The summed E-state index contributed by atoms with van der Waals surface area (Å²) < 4.78 is 5.25. The molecule has 0 saturated heterocycles. The summed E-state index contributed by atoms with van der Waals surface area (Å²) in [5.41, 5.74) is 3.15. The highest BCUT2D eigenvalue weighted by Gasteiger charge is 2.35. The van der Waals surface area contributed by atoms with Gasteiger partial charge < -0.3 is 20.5 Å². The summed E-state index contributed by atoms with van der Waals surface area (Å²) >= 11 is 0. The number of anilines is 1. The predicted molar refractivity (Wildman–Crippen MR) is 107 cm³/mol. The van der Waals surface area contributed by atoms with Crippen LogP contribution in [0, 0.1) is 13.8 Å². The fourth-order valence-electron chi connectivity index (χ4n) is 3.79. The molecular formula is C22H26N2O4. The van der Waals surface area contributed by atoms with Crippen LogP contribution in [-0.4, -0.2) is 30.6 Å². The average molecular weight is 382 g/mol. The molecule has 6 nitrogen and oxygen atoms in total. The highest BCUT2D eigenvalue weighted by atomic mass is 16.5. The molecule has 0 aromatic heterocycles. The van der Waals surface area contributed by atoms with Crippen LogP contribution >= 0.6 is 0 Å². The van der Waals surface area contributed by atoms with Crippen LogP contribution in [0.15, 0.2) is 36.4 Å². The first kappa shape index (κ1) is 19.9. The van der Waals surface area contributed by atoms with Crippen molar-refractivity contribution in [3.63, 3.8) is 0 Å². The van der Waals surface area contributed by atoms with Crippen molar-refractivity contribution in [1.82, 2.24) is 5.32 Å². The summed E-state index contributed by atoms with van der Waals surface area (Å²) in [6, 6.07) is 11.1. The Kier molecular flexibility index (Phi) is 5.70. The number of methoxy groups -OCH3 is 1. The van der Waals surface area contributed by atoms with E-state index in [0.29, 0.717) is 12.1 Å². The second-order valence-electron chi connectivity index (χ2n) is 7.42. The van der Waals surface area contributed by atoms with Gasteiger partial charge in [0.1, 0.15) is 11.4 Å². The van der Waals surface area contributed by atoms with E-state index in [0.717, 1.165) is 40.8 Å². The quantitative estimate of drug-likeness (QED) is 0.710. The number of fused-ring (bicyclic) bond motifs is 1. The van der Waals surface area contributed by atoms with E-state index >= 15 is 0 Å². The lowest BCUT2D eigenvalue weighted by Gasteiger charge is -2.34. The van der Waals surface area contributed by atoms with Gasteiger partial charge in [-0.2, -0.15) is 0 Å². The molecule has 0 radical (unpaired) electrons. The molecule has 0 aliphatic heterocycles. The van der Waals surface area contributed by atoms with Gasteiger partial charge in [0, 0.05) is 5.69 Å². The van der Waals surface area contributed by atoms with E-state index in [-0.39, 0.29) is 6.54 Å². The Morgan fingerprint density at radius 1 is 1.11 bits per heavy atom. The molecule has 6 heteroatoms. The maximum Gasteiger partial charge on any atom is 0.313 e. The summed E-state index contributed by atoms with van der Waals surface area (Å²) in [5, 5.41) is 16.3. The van der Waals surface area contributed by atoms with E-state index < -0.39 is 17.4 Å². The number of aliphatic hydroxyl groups is 1. The van der Waals surface area contributed by atoms with Gasteiger partial charge in [-0.15, -0.1) is 0 Å². The van der Waals surface area contributed by atoms with Crippen LogP contribution in [0.1, 0.15) is 35.1 Å². The van der Waals surface area contributed by atoms with Crippen molar-refractivity contribution in [2.24, 2.45) is 0 Å². The molecule has 148 valence electrons. The van der Waals surface area contributed by atoms with E-state index in [1.807, 2.05) is 32.0 Å². The van der Waals surface area contributed by atoms with E-state index in [9.17, 15) is 14.7 Å². The van der Waals surface area contributed by atoms with Crippen molar-refractivity contribution in [3.05, 3.63) is 58.7 Å². The topological polar surface area (TPSA) is 87.7 Å². The monoisotopic (exact) mass is 382 g/mol. The normalized spacial score (nSPS) is 18.1. The molecule has 2 aromatic carbocycles. The Balaban J connectivity index is 1.66. The largest absolute Gasteiger partial charge is 0.497 e. The number of amides is 2. The lowest BCUT2D eigenvalue weighted by Crippen LogP contribution is -2.46. The van der Waals surface area contributed by atoms with Crippen molar-refractivity contribution in [3.8, 4) is 5.75 Å². The molecule has 3 N–H and O–H groups in total. The number of rotatable bonds is 4. The van der Waals surface area contributed by atoms with Crippen molar-refractivity contribution < 1.29 is 19.4 Å². The van der Waals surface area contributed by atoms with Crippen LogP contribution in [0.25, 0.3) is 0 Å². The van der Waals surface area contributed by atoms with Crippen LogP contribution in [0.2, 0.25) is 0 Å². The minimum atomic E-state index is -1.20. The van der Waals surface area contributed by atoms with Crippen molar-refractivity contribution in [2.75, 3.05) is 19.0 Å². The third-order valence-electron chi connectivity index (χ3n) is 5.08. The molecule has 0 bridgehead atoms. The van der Waals surface area contributed by atoms with Gasteiger partial charge in [0.2, 0.25) is 0 Å². The number of hydrogen-bond acceptors (Lipinski definition) is 4. The molecule has 1 atom stereocenters. The van der Waals surface area contributed by atoms with E-state index in [1.165, 1.54) is 0 Å². The van der Waals surface area contributed by atoms with Gasteiger partial charge in [0.15, 0.2) is 0 Å². The van der Waals surface area contributed by atoms with Gasteiger partial charge in [0.05, 0.1) is 13.7 Å². The Morgan fingerprint density at radius 3 is 2.50 bits per heavy atom. The molecular weight excluding hydrogens is 356 g/mol. The molecule has 0 saturated carbocycles. The zero-order chi connectivity index (χ0) is 20.3. The van der Waals surface area contributed by atoms with Crippen molar-refractivity contribution >= 4 is 17.5 Å². The molecule has 1 aliphatic rings. The van der Waals surface area contributed by atoms with Gasteiger partial charge in [-0.05, 0) is 79.6 Å². The van der Waals surface area contributed by atoms with Gasteiger partial charge in [-0.1, -0.05) is 12.1 Å². The van der Waals surface area contributed by atoms with Crippen LogP contribution in [0.3, 0.4) is 0 Å². The van der Waals surface area contributed by atoms with Gasteiger partial charge in [-0.25, -0.2) is 0 Å². The molecule has 1 unspecified atom stereocenters. The summed E-state index contributed by atoms with van der Waals surface area (Å²) in [7, 11) is 1.60. The number of nitrogens with one attached hydrogen (secondary N) is 2. The lowest BCUT2D eigenvalue weighted by atomic mass is 9.79. The maximum atomic E-state index is 12.3. The molecule has 28 heavy (non-hydrogen) atoms. The third-order valence-corrected chi connectivity index (χ3v) is 5.08. The number of ether oxygens (including phenoxy) is 1. The predicted octanol–water partition coefficient (Wildman–Crippen LogP) is 2.59. The van der Waals surface area contributed by atoms with Crippen LogP contribution < -0.4 is 15.4 Å². The van der Waals surface area contributed by atoms with Gasteiger partial charge in [0.25, 0.3) is 0 Å². The Labute approximate surface area is 164 Å². The molecule has 0 spiro atoms. The van der Waals surface area contributed by atoms with Crippen molar-refractivity contribution in [1.29, 1.82) is 0 Å². The number of hydrogen-bond donors (Lipinski definition) is 3. The lowest BCUT2D eigenvalue weighted by molar-refractivity contribution is -0.137. The molecule has 0 fully saturated rings. The first-order valence-electron chi connectivity index (χ1n) is 9.38. The fourth-order valence-corrected chi connectivity index (χ4v) is 3.79. The highest BCUT2D eigenvalue weighted by Crippen LogP contribution is 2.36. The van der Waals surface area contributed by atoms with Gasteiger partial charge in [-0.3, -0.25) is 9.59 Å².